The van der Waals surface area contributed by atoms with Crippen molar-refractivity contribution >= 4 is 11.6 Å². The molecule has 2 heterocycles. The summed E-state index contributed by atoms with van der Waals surface area (Å²) in [5, 5.41) is 0. The molecule has 0 radical (unpaired) electrons. The first-order valence-electron chi connectivity index (χ1n) is 8.98. The first kappa shape index (κ1) is 18.0. The Morgan fingerprint density at radius 2 is 1.92 bits per heavy atom. The zero-order valence-corrected chi connectivity index (χ0v) is 15.3. The molecule has 5 nitrogen and oxygen atoms in total. The number of ether oxygens (including phenoxy) is 2. The van der Waals surface area contributed by atoms with Crippen molar-refractivity contribution in [2.24, 2.45) is 0 Å². The molecule has 0 spiro atoms. The summed E-state index contributed by atoms with van der Waals surface area (Å²) in [5.74, 6) is 0.542. The van der Waals surface area contributed by atoms with Crippen LogP contribution >= 0.6 is 0 Å². The lowest BCUT2D eigenvalue weighted by Crippen LogP contribution is -2.06. The monoisotopic (exact) mass is 352 g/mol. The summed E-state index contributed by atoms with van der Waals surface area (Å²) in [5.41, 5.74) is 3.54. The minimum Gasteiger partial charge on any atom is -0.485 e. The Bertz CT molecular complexity index is 872. The highest BCUT2D eigenvalue weighted by atomic mass is 16.5. The number of hydrogen-bond donors (Lipinski definition) is 0. The highest BCUT2D eigenvalue weighted by Crippen LogP contribution is 2.23. The highest BCUT2D eigenvalue weighted by molar-refractivity contribution is 5.69. The van der Waals surface area contributed by atoms with Gasteiger partial charge in [0.15, 0.2) is 11.4 Å². The number of carbonyl (C=O) groups excluding carboxylic acids is 1. The number of esters is 1. The Morgan fingerprint density at radius 1 is 1.12 bits per heavy atom. The molecule has 0 saturated carbocycles. The standard InChI is InChI=1S/C21H24N2O3/c1-3-4-12-20(24)26-15-18-16(2)22-21-19(11-8-13-23(18)21)25-14-17-9-6-5-7-10-17/h5-11,13H,3-4,12,14-15H2,1-2H3. The minimum absolute atomic E-state index is 0.169. The molecule has 5 heteroatoms. The van der Waals surface area contributed by atoms with Gasteiger partial charge in [-0.2, -0.15) is 0 Å². The van der Waals surface area contributed by atoms with Crippen molar-refractivity contribution < 1.29 is 14.3 Å². The predicted molar refractivity (Wildman–Crippen MR) is 100 cm³/mol. The topological polar surface area (TPSA) is 52.8 Å². The molecule has 2 aromatic heterocycles. The maximum Gasteiger partial charge on any atom is 0.306 e. The van der Waals surface area contributed by atoms with Crippen molar-refractivity contribution in [3.8, 4) is 5.75 Å². The smallest absolute Gasteiger partial charge is 0.306 e. The quantitative estimate of drug-likeness (QED) is 0.562. The Kier molecular flexibility index (Phi) is 5.89. The largest absolute Gasteiger partial charge is 0.485 e. The van der Waals surface area contributed by atoms with Crippen LogP contribution in [0.25, 0.3) is 5.65 Å². The second kappa shape index (κ2) is 8.52. The third-order valence-electron chi connectivity index (χ3n) is 4.25. The van der Waals surface area contributed by atoms with Crippen LogP contribution in [0.2, 0.25) is 0 Å². The maximum atomic E-state index is 11.8. The lowest BCUT2D eigenvalue weighted by atomic mass is 10.2. The normalized spacial score (nSPS) is 10.8. The van der Waals surface area contributed by atoms with Crippen molar-refractivity contribution in [3.63, 3.8) is 0 Å². The molecule has 0 N–H and O–H groups in total. The second-order valence-electron chi connectivity index (χ2n) is 6.25. The molecule has 3 aromatic rings. The van der Waals surface area contributed by atoms with Gasteiger partial charge < -0.3 is 9.47 Å². The van der Waals surface area contributed by atoms with Gasteiger partial charge in [-0.1, -0.05) is 43.7 Å². The number of pyridine rings is 1. The van der Waals surface area contributed by atoms with Gasteiger partial charge in [0.1, 0.15) is 13.2 Å². The lowest BCUT2D eigenvalue weighted by Gasteiger charge is -2.09. The molecule has 0 unspecified atom stereocenters. The van der Waals surface area contributed by atoms with Gasteiger partial charge in [-0.15, -0.1) is 0 Å². The van der Waals surface area contributed by atoms with Gasteiger partial charge in [-0.05, 0) is 31.0 Å². The number of rotatable bonds is 8. The SMILES string of the molecule is CCCCC(=O)OCc1c(C)nc2c(OCc3ccccc3)cccn12. The molecule has 0 atom stereocenters. The Morgan fingerprint density at radius 3 is 2.69 bits per heavy atom. The van der Waals surface area contributed by atoms with E-state index in [1.54, 1.807) is 0 Å². The van der Waals surface area contributed by atoms with Crippen LogP contribution in [-0.4, -0.2) is 15.4 Å². The molecule has 136 valence electrons. The fourth-order valence-electron chi connectivity index (χ4n) is 2.77. The van der Waals surface area contributed by atoms with Gasteiger partial charge in [0.05, 0.1) is 11.4 Å². The van der Waals surface area contributed by atoms with Gasteiger partial charge in [-0.25, -0.2) is 4.98 Å². The summed E-state index contributed by atoms with van der Waals surface area (Å²) >= 11 is 0. The first-order chi connectivity index (χ1) is 12.7. The van der Waals surface area contributed by atoms with Gasteiger partial charge >= 0.3 is 5.97 Å². The summed E-state index contributed by atoms with van der Waals surface area (Å²) in [4.78, 5) is 16.4. The number of imidazole rings is 1. The van der Waals surface area contributed by atoms with E-state index in [0.29, 0.717) is 18.8 Å². The van der Waals surface area contributed by atoms with Crippen molar-refractivity contribution in [2.45, 2.75) is 46.3 Å². The number of aromatic nitrogens is 2. The third kappa shape index (κ3) is 4.23. The summed E-state index contributed by atoms with van der Waals surface area (Å²) in [6.07, 6.45) is 4.20. The minimum atomic E-state index is -0.169. The van der Waals surface area contributed by atoms with Crippen molar-refractivity contribution in [2.75, 3.05) is 0 Å². The van der Waals surface area contributed by atoms with Crippen LogP contribution in [-0.2, 0) is 22.7 Å². The van der Waals surface area contributed by atoms with Crippen molar-refractivity contribution in [1.82, 2.24) is 9.38 Å². The van der Waals surface area contributed by atoms with Crippen molar-refractivity contribution in [1.29, 1.82) is 0 Å². The molecule has 0 aliphatic carbocycles. The number of aryl methyl sites for hydroxylation is 1. The van der Waals surface area contributed by atoms with Gasteiger partial charge in [0.2, 0.25) is 0 Å². The Hall–Kier alpha value is -2.82. The van der Waals surface area contributed by atoms with Crippen LogP contribution in [0, 0.1) is 6.92 Å². The lowest BCUT2D eigenvalue weighted by molar-refractivity contribution is -0.145. The number of fused-ring (bicyclic) bond motifs is 1. The first-order valence-corrected chi connectivity index (χ1v) is 8.98. The molecule has 0 aliphatic heterocycles. The van der Waals surface area contributed by atoms with Gasteiger partial charge in [-0.3, -0.25) is 9.20 Å². The van der Waals surface area contributed by atoms with E-state index in [4.69, 9.17) is 9.47 Å². The average molecular weight is 352 g/mol. The Balaban J connectivity index is 1.75. The van der Waals surface area contributed by atoms with Crippen LogP contribution in [0.1, 0.15) is 43.1 Å². The highest BCUT2D eigenvalue weighted by Gasteiger charge is 2.14. The van der Waals surface area contributed by atoms with Crippen LogP contribution in [0.3, 0.4) is 0 Å². The van der Waals surface area contributed by atoms with E-state index in [2.05, 4.69) is 11.9 Å². The fraction of sp³-hybridized carbons (Fsp3) is 0.333. The predicted octanol–water partition coefficient (Wildman–Crippen LogP) is 4.46. The van der Waals surface area contributed by atoms with Gasteiger partial charge in [0.25, 0.3) is 0 Å². The Labute approximate surface area is 153 Å². The van der Waals surface area contributed by atoms with Crippen LogP contribution in [0.5, 0.6) is 5.75 Å². The molecular formula is C21H24N2O3. The molecule has 0 amide bonds. The number of hydrogen-bond acceptors (Lipinski definition) is 4. The summed E-state index contributed by atoms with van der Waals surface area (Å²) in [6.45, 7) is 4.67. The maximum absolute atomic E-state index is 11.8. The number of benzene rings is 1. The molecule has 0 aliphatic rings. The number of carbonyl (C=O) groups is 1. The molecule has 26 heavy (non-hydrogen) atoms. The zero-order valence-electron chi connectivity index (χ0n) is 15.3. The molecule has 0 saturated heterocycles. The van der Waals surface area contributed by atoms with Crippen molar-refractivity contribution in [3.05, 3.63) is 65.6 Å². The third-order valence-corrected chi connectivity index (χ3v) is 4.25. The second-order valence-corrected chi connectivity index (χ2v) is 6.25. The summed E-state index contributed by atoms with van der Waals surface area (Å²) in [6, 6.07) is 13.8. The van der Waals surface area contributed by atoms with Crippen LogP contribution in [0.4, 0.5) is 0 Å². The van der Waals surface area contributed by atoms with E-state index < -0.39 is 0 Å². The number of unbranched alkanes of at least 4 members (excludes halogenated alkanes) is 1. The van der Waals surface area contributed by atoms with E-state index in [0.717, 1.165) is 35.4 Å². The van der Waals surface area contributed by atoms with E-state index in [9.17, 15) is 4.79 Å². The van der Waals surface area contributed by atoms with E-state index in [1.807, 2.05) is 60.0 Å². The average Bonchev–Trinajstić information content (AvgIpc) is 2.99. The fourth-order valence-corrected chi connectivity index (χ4v) is 2.77. The van der Waals surface area contributed by atoms with E-state index >= 15 is 0 Å². The van der Waals surface area contributed by atoms with Crippen LogP contribution < -0.4 is 4.74 Å². The van der Waals surface area contributed by atoms with E-state index in [1.165, 1.54) is 0 Å². The van der Waals surface area contributed by atoms with Crippen LogP contribution in [0.15, 0.2) is 48.7 Å². The summed E-state index contributed by atoms with van der Waals surface area (Å²) in [7, 11) is 0. The molecular weight excluding hydrogens is 328 g/mol. The molecule has 1 aromatic carbocycles. The molecule has 0 fully saturated rings. The number of nitrogens with zero attached hydrogens (tertiary/aromatic N) is 2. The molecule has 0 bridgehead atoms. The zero-order chi connectivity index (χ0) is 18.4. The van der Waals surface area contributed by atoms with E-state index in [-0.39, 0.29) is 12.6 Å². The van der Waals surface area contributed by atoms with Gasteiger partial charge in [0, 0.05) is 12.6 Å². The molecule has 3 rings (SSSR count). The summed E-state index contributed by atoms with van der Waals surface area (Å²) < 4.78 is 13.3.